The molecule has 24 heavy (non-hydrogen) atoms. The van der Waals surface area contributed by atoms with Crippen molar-refractivity contribution >= 4 is 23.3 Å². The standard InChI is InChI=1S/C14H8ClN3O6/c15-8-3-4-10(18(20)21)9(6-8)14(19)23-7-12-16-17-13(24-12)11-2-1-5-22-11/h1-6H,7H2. The van der Waals surface area contributed by atoms with Crippen molar-refractivity contribution < 1.29 is 23.3 Å². The lowest BCUT2D eigenvalue weighted by Crippen LogP contribution is -2.08. The third-order valence-corrected chi connectivity index (χ3v) is 3.14. The highest BCUT2D eigenvalue weighted by Gasteiger charge is 2.22. The first kappa shape index (κ1) is 15.7. The van der Waals surface area contributed by atoms with Crippen LogP contribution in [0, 0.1) is 10.1 Å². The summed E-state index contributed by atoms with van der Waals surface area (Å²) in [5, 5.41) is 18.6. The van der Waals surface area contributed by atoms with Gasteiger partial charge in [-0.15, -0.1) is 10.2 Å². The number of carbonyl (C=O) groups excluding carboxylic acids is 1. The number of hydrogen-bond donors (Lipinski definition) is 0. The molecule has 122 valence electrons. The Labute approximate surface area is 139 Å². The Kier molecular flexibility index (Phi) is 4.25. The third-order valence-electron chi connectivity index (χ3n) is 2.90. The van der Waals surface area contributed by atoms with Crippen molar-refractivity contribution in [2.45, 2.75) is 6.61 Å². The van der Waals surface area contributed by atoms with E-state index in [1.807, 2.05) is 0 Å². The Bertz CT molecular complexity index is 890. The second-order valence-corrected chi connectivity index (χ2v) is 4.91. The van der Waals surface area contributed by atoms with Gasteiger partial charge in [0.05, 0.1) is 11.2 Å². The number of nitro benzene ring substituents is 1. The quantitative estimate of drug-likeness (QED) is 0.391. The number of halogens is 1. The van der Waals surface area contributed by atoms with Gasteiger partial charge in [0.15, 0.2) is 12.4 Å². The Morgan fingerprint density at radius 2 is 2.17 bits per heavy atom. The summed E-state index contributed by atoms with van der Waals surface area (Å²) < 4.78 is 15.3. The fourth-order valence-corrected chi connectivity index (χ4v) is 2.02. The minimum atomic E-state index is -0.929. The summed E-state index contributed by atoms with van der Waals surface area (Å²) in [6.45, 7) is -0.351. The molecule has 9 nitrogen and oxygen atoms in total. The topological polar surface area (TPSA) is 122 Å². The first-order chi connectivity index (χ1) is 11.5. The number of carbonyl (C=O) groups is 1. The average Bonchev–Trinajstić information content (AvgIpc) is 3.23. The van der Waals surface area contributed by atoms with Crippen molar-refractivity contribution in [3.8, 4) is 11.7 Å². The maximum atomic E-state index is 12.0. The van der Waals surface area contributed by atoms with Crippen molar-refractivity contribution in [3.05, 3.63) is 63.2 Å². The van der Waals surface area contributed by atoms with Gasteiger partial charge >= 0.3 is 5.97 Å². The summed E-state index contributed by atoms with van der Waals surface area (Å²) in [4.78, 5) is 22.3. The fraction of sp³-hybridized carbons (Fsp3) is 0.0714. The predicted octanol–water partition coefficient (Wildman–Crippen LogP) is 3.25. The molecule has 1 aromatic carbocycles. The van der Waals surface area contributed by atoms with Crippen LogP contribution in [0.2, 0.25) is 5.02 Å². The molecular formula is C14H8ClN3O6. The van der Waals surface area contributed by atoms with Gasteiger partial charge in [-0.1, -0.05) is 11.6 Å². The van der Waals surface area contributed by atoms with Crippen LogP contribution in [0.4, 0.5) is 5.69 Å². The number of nitrogens with zero attached hydrogens (tertiary/aromatic N) is 3. The van der Waals surface area contributed by atoms with E-state index in [0.29, 0.717) is 5.76 Å². The summed E-state index contributed by atoms with van der Waals surface area (Å²) in [5.74, 6) is -0.424. The van der Waals surface area contributed by atoms with Crippen LogP contribution in [-0.2, 0) is 11.3 Å². The summed E-state index contributed by atoms with van der Waals surface area (Å²) in [5.41, 5.74) is -0.676. The molecule has 0 N–H and O–H groups in total. The molecule has 3 aromatic rings. The second kappa shape index (κ2) is 6.50. The van der Waals surface area contributed by atoms with Gasteiger partial charge in [0.2, 0.25) is 0 Å². The van der Waals surface area contributed by atoms with Crippen LogP contribution in [-0.4, -0.2) is 21.1 Å². The SMILES string of the molecule is O=C(OCc1nnc(-c2ccco2)o1)c1cc(Cl)ccc1[N+](=O)[O-]. The monoisotopic (exact) mass is 349 g/mol. The van der Waals surface area contributed by atoms with Crippen LogP contribution < -0.4 is 0 Å². The van der Waals surface area contributed by atoms with E-state index in [1.54, 1.807) is 12.1 Å². The largest absolute Gasteiger partial charge is 0.459 e. The molecule has 10 heteroatoms. The zero-order valence-corrected chi connectivity index (χ0v) is 12.6. The molecule has 0 saturated heterocycles. The van der Waals surface area contributed by atoms with Gasteiger partial charge in [-0.05, 0) is 24.3 Å². The highest BCUT2D eigenvalue weighted by Crippen LogP contribution is 2.24. The maximum Gasteiger partial charge on any atom is 0.345 e. The molecule has 0 fully saturated rings. The van der Waals surface area contributed by atoms with Gasteiger partial charge in [-0.25, -0.2) is 4.79 Å². The first-order valence-corrected chi connectivity index (χ1v) is 6.89. The van der Waals surface area contributed by atoms with Gasteiger partial charge in [0, 0.05) is 11.1 Å². The average molecular weight is 350 g/mol. The number of nitro groups is 1. The van der Waals surface area contributed by atoms with E-state index in [1.165, 1.54) is 12.3 Å². The molecular weight excluding hydrogens is 342 g/mol. The number of ether oxygens (including phenoxy) is 1. The van der Waals surface area contributed by atoms with E-state index < -0.39 is 16.6 Å². The number of hydrogen-bond acceptors (Lipinski definition) is 8. The Morgan fingerprint density at radius 1 is 1.33 bits per heavy atom. The van der Waals surface area contributed by atoms with Crippen molar-refractivity contribution in [1.29, 1.82) is 0 Å². The molecule has 0 amide bonds. The Hall–Kier alpha value is -3.20. The van der Waals surface area contributed by atoms with E-state index in [9.17, 15) is 14.9 Å². The number of esters is 1. The van der Waals surface area contributed by atoms with Crippen molar-refractivity contribution in [1.82, 2.24) is 10.2 Å². The van der Waals surface area contributed by atoms with Gasteiger partial charge in [-0.2, -0.15) is 0 Å². The lowest BCUT2D eigenvalue weighted by Gasteiger charge is -2.03. The smallest absolute Gasteiger partial charge is 0.345 e. The lowest BCUT2D eigenvalue weighted by molar-refractivity contribution is -0.385. The van der Waals surface area contributed by atoms with E-state index in [4.69, 9.17) is 25.2 Å². The zero-order valence-electron chi connectivity index (χ0n) is 11.8. The Balaban J connectivity index is 1.72. The maximum absolute atomic E-state index is 12.0. The minimum Gasteiger partial charge on any atom is -0.459 e. The molecule has 0 aliphatic heterocycles. The molecule has 0 aliphatic carbocycles. The lowest BCUT2D eigenvalue weighted by atomic mass is 10.2. The minimum absolute atomic E-state index is 0.0134. The molecule has 0 spiro atoms. The van der Waals surface area contributed by atoms with E-state index in [0.717, 1.165) is 12.1 Å². The molecule has 0 bridgehead atoms. The van der Waals surface area contributed by atoms with E-state index >= 15 is 0 Å². The summed E-state index contributed by atoms with van der Waals surface area (Å²) >= 11 is 5.76. The van der Waals surface area contributed by atoms with Crippen LogP contribution in [0.25, 0.3) is 11.7 Å². The molecule has 2 heterocycles. The van der Waals surface area contributed by atoms with E-state index in [-0.39, 0.29) is 29.0 Å². The highest BCUT2D eigenvalue weighted by molar-refractivity contribution is 6.31. The summed E-state index contributed by atoms with van der Waals surface area (Å²) in [6, 6.07) is 6.87. The third kappa shape index (κ3) is 3.25. The molecule has 0 aliphatic rings. The number of rotatable bonds is 5. The van der Waals surface area contributed by atoms with Crippen LogP contribution >= 0.6 is 11.6 Å². The van der Waals surface area contributed by atoms with Gasteiger partial charge in [-0.3, -0.25) is 10.1 Å². The zero-order chi connectivity index (χ0) is 17.1. The van der Waals surface area contributed by atoms with Gasteiger partial charge < -0.3 is 13.6 Å². The summed E-state index contributed by atoms with van der Waals surface area (Å²) in [7, 11) is 0. The predicted molar refractivity (Wildman–Crippen MR) is 79.2 cm³/mol. The van der Waals surface area contributed by atoms with Crippen LogP contribution in [0.1, 0.15) is 16.2 Å². The molecule has 0 unspecified atom stereocenters. The molecule has 2 aromatic heterocycles. The normalized spacial score (nSPS) is 10.5. The van der Waals surface area contributed by atoms with Crippen molar-refractivity contribution in [2.75, 3.05) is 0 Å². The van der Waals surface area contributed by atoms with Crippen LogP contribution in [0.3, 0.4) is 0 Å². The van der Waals surface area contributed by atoms with Crippen LogP contribution in [0.15, 0.2) is 45.4 Å². The number of aromatic nitrogens is 2. The van der Waals surface area contributed by atoms with Gasteiger partial charge in [0.25, 0.3) is 17.5 Å². The highest BCUT2D eigenvalue weighted by atomic mass is 35.5. The Morgan fingerprint density at radius 3 is 2.88 bits per heavy atom. The van der Waals surface area contributed by atoms with Crippen molar-refractivity contribution in [2.24, 2.45) is 0 Å². The fourth-order valence-electron chi connectivity index (χ4n) is 1.85. The number of benzene rings is 1. The summed E-state index contributed by atoms with van der Waals surface area (Å²) in [6.07, 6.45) is 1.44. The van der Waals surface area contributed by atoms with Gasteiger partial charge in [0.1, 0.15) is 5.56 Å². The van der Waals surface area contributed by atoms with E-state index in [2.05, 4.69) is 10.2 Å². The second-order valence-electron chi connectivity index (χ2n) is 4.47. The first-order valence-electron chi connectivity index (χ1n) is 6.52. The molecule has 0 atom stereocenters. The number of furan rings is 1. The molecule has 0 saturated carbocycles. The van der Waals surface area contributed by atoms with Crippen LogP contribution in [0.5, 0.6) is 0 Å². The van der Waals surface area contributed by atoms with Crippen molar-refractivity contribution in [3.63, 3.8) is 0 Å². The molecule has 3 rings (SSSR count). The molecule has 0 radical (unpaired) electrons.